The molecule has 16 heteroatoms. The first-order chi connectivity index (χ1) is 17.3. The molecule has 2 aliphatic heterocycles. The summed E-state index contributed by atoms with van der Waals surface area (Å²) in [6.07, 6.45) is -8.19. The lowest BCUT2D eigenvalue weighted by Crippen LogP contribution is -2.64. The number of anilines is 1. The van der Waals surface area contributed by atoms with Gasteiger partial charge in [0.15, 0.2) is 5.92 Å². The van der Waals surface area contributed by atoms with E-state index in [1.165, 1.54) is 0 Å². The molecule has 1 amide bonds. The monoisotopic (exact) mass is 536 g/mol. The number of hydrogen-bond donors (Lipinski definition) is 3. The van der Waals surface area contributed by atoms with Crippen molar-refractivity contribution in [2.75, 3.05) is 24.6 Å². The van der Waals surface area contributed by atoms with Crippen LogP contribution in [0, 0.1) is 5.92 Å². The SMILES string of the molecule is C[C@H](OC[C@H](C)NC1CNNC(=O)C1C(F)(F)F)c1cc2n(n1)CCN(c1ncc(C(F)(F)F)cn1)C2. The molecule has 4 heterocycles. The fourth-order valence-corrected chi connectivity index (χ4v) is 4.23. The van der Waals surface area contributed by atoms with E-state index in [-0.39, 0.29) is 19.1 Å². The molecule has 2 unspecified atom stereocenters. The highest BCUT2D eigenvalue weighted by molar-refractivity contribution is 5.80. The first-order valence-electron chi connectivity index (χ1n) is 11.5. The van der Waals surface area contributed by atoms with Crippen molar-refractivity contribution in [1.29, 1.82) is 0 Å². The minimum Gasteiger partial charge on any atom is -0.371 e. The maximum Gasteiger partial charge on any atom is 0.419 e. The molecule has 37 heavy (non-hydrogen) atoms. The molecule has 1 fully saturated rings. The Morgan fingerprint density at radius 3 is 2.51 bits per heavy atom. The summed E-state index contributed by atoms with van der Waals surface area (Å²) in [5.41, 5.74) is 4.94. The number of carbonyl (C=O) groups is 1. The van der Waals surface area contributed by atoms with Gasteiger partial charge in [0, 0.05) is 37.6 Å². The van der Waals surface area contributed by atoms with Crippen molar-refractivity contribution >= 4 is 11.9 Å². The second kappa shape index (κ2) is 10.4. The van der Waals surface area contributed by atoms with Crippen molar-refractivity contribution in [2.24, 2.45) is 5.92 Å². The lowest BCUT2D eigenvalue weighted by Gasteiger charge is -2.35. The number of ether oxygens (including phenoxy) is 1. The molecule has 0 saturated carbocycles. The molecule has 204 valence electrons. The fraction of sp³-hybridized carbons (Fsp3) is 0.619. The van der Waals surface area contributed by atoms with Gasteiger partial charge in [0.05, 0.1) is 42.8 Å². The van der Waals surface area contributed by atoms with Gasteiger partial charge in [-0.1, -0.05) is 0 Å². The van der Waals surface area contributed by atoms with E-state index >= 15 is 0 Å². The maximum absolute atomic E-state index is 13.3. The van der Waals surface area contributed by atoms with Gasteiger partial charge in [0.1, 0.15) is 0 Å². The third-order valence-corrected chi connectivity index (χ3v) is 6.15. The number of amides is 1. The predicted octanol–water partition coefficient (Wildman–Crippen LogP) is 1.95. The van der Waals surface area contributed by atoms with E-state index in [9.17, 15) is 31.1 Å². The number of rotatable bonds is 7. The lowest BCUT2D eigenvalue weighted by molar-refractivity contribution is -0.193. The van der Waals surface area contributed by atoms with Crippen LogP contribution in [0.4, 0.5) is 32.3 Å². The maximum atomic E-state index is 13.3. The van der Waals surface area contributed by atoms with E-state index in [0.717, 1.165) is 18.1 Å². The van der Waals surface area contributed by atoms with Gasteiger partial charge in [-0.2, -0.15) is 31.4 Å². The number of hydrazine groups is 1. The predicted molar refractivity (Wildman–Crippen MR) is 117 cm³/mol. The van der Waals surface area contributed by atoms with E-state index in [2.05, 4.69) is 25.8 Å². The zero-order valence-corrected chi connectivity index (χ0v) is 19.9. The second-order valence-corrected chi connectivity index (χ2v) is 9.01. The van der Waals surface area contributed by atoms with Crippen LogP contribution in [0.15, 0.2) is 18.5 Å². The van der Waals surface area contributed by atoms with Gasteiger partial charge >= 0.3 is 12.4 Å². The number of nitrogens with one attached hydrogen (secondary N) is 3. The molecule has 4 rings (SSSR count). The molecule has 0 bridgehead atoms. The lowest BCUT2D eigenvalue weighted by atomic mass is 9.96. The Hall–Kier alpha value is -2.98. The first kappa shape index (κ1) is 27.1. The summed E-state index contributed by atoms with van der Waals surface area (Å²) in [5, 5.41) is 7.33. The third-order valence-electron chi connectivity index (χ3n) is 6.15. The minimum atomic E-state index is -4.69. The summed E-state index contributed by atoms with van der Waals surface area (Å²) < 4.78 is 85.8. The van der Waals surface area contributed by atoms with E-state index in [1.807, 2.05) is 5.43 Å². The molecular weight excluding hydrogens is 510 g/mol. The molecule has 0 aromatic carbocycles. The van der Waals surface area contributed by atoms with Crippen LogP contribution in [0.25, 0.3) is 0 Å². The van der Waals surface area contributed by atoms with Crippen molar-refractivity contribution in [1.82, 2.24) is 35.9 Å². The summed E-state index contributed by atoms with van der Waals surface area (Å²) in [5.74, 6) is -3.14. The van der Waals surface area contributed by atoms with Crippen LogP contribution < -0.4 is 21.1 Å². The van der Waals surface area contributed by atoms with Crippen molar-refractivity contribution in [3.05, 3.63) is 35.4 Å². The molecule has 4 atom stereocenters. The van der Waals surface area contributed by atoms with Gasteiger partial charge in [0.25, 0.3) is 0 Å². The Kier molecular flexibility index (Phi) is 7.62. The highest BCUT2D eigenvalue weighted by Gasteiger charge is 2.51. The summed E-state index contributed by atoms with van der Waals surface area (Å²) >= 11 is 0. The summed E-state index contributed by atoms with van der Waals surface area (Å²) in [6, 6.07) is 0.157. The average molecular weight is 536 g/mol. The van der Waals surface area contributed by atoms with Crippen LogP contribution in [0.5, 0.6) is 0 Å². The third kappa shape index (κ3) is 6.30. The molecule has 0 aliphatic carbocycles. The molecule has 0 radical (unpaired) electrons. The molecule has 10 nitrogen and oxygen atoms in total. The van der Waals surface area contributed by atoms with Crippen LogP contribution in [-0.4, -0.2) is 63.6 Å². The Morgan fingerprint density at radius 1 is 1.16 bits per heavy atom. The zero-order chi connectivity index (χ0) is 27.0. The van der Waals surface area contributed by atoms with Gasteiger partial charge in [-0.25, -0.2) is 15.4 Å². The number of nitrogens with zero attached hydrogens (tertiary/aromatic N) is 5. The highest BCUT2D eigenvalue weighted by Crippen LogP contribution is 2.31. The first-order valence-corrected chi connectivity index (χ1v) is 11.5. The Balaban J connectivity index is 1.32. The highest BCUT2D eigenvalue weighted by atomic mass is 19.4. The molecule has 2 aromatic rings. The van der Waals surface area contributed by atoms with Crippen molar-refractivity contribution in [3.63, 3.8) is 0 Å². The second-order valence-electron chi connectivity index (χ2n) is 9.01. The van der Waals surface area contributed by atoms with Gasteiger partial charge < -0.3 is 15.0 Å². The smallest absolute Gasteiger partial charge is 0.371 e. The van der Waals surface area contributed by atoms with E-state index < -0.39 is 47.9 Å². The molecule has 3 N–H and O–H groups in total. The van der Waals surface area contributed by atoms with Crippen molar-refractivity contribution in [3.8, 4) is 0 Å². The van der Waals surface area contributed by atoms with Crippen LogP contribution in [0.3, 0.4) is 0 Å². The largest absolute Gasteiger partial charge is 0.419 e. The molecule has 1 saturated heterocycles. The molecule has 2 aliphatic rings. The number of hydrogen-bond acceptors (Lipinski definition) is 8. The van der Waals surface area contributed by atoms with Gasteiger partial charge in [-0.3, -0.25) is 14.9 Å². The standard InChI is InChI=1S/C21H26F6N8O2/c1-11(31-16-8-30-32-18(36)17(16)21(25,26)27)10-37-12(2)15-5-14-9-34(3-4-35(14)33-15)19-28-6-13(7-29-19)20(22,23)24/h5-7,11-12,16-17,30-31H,3-4,8-10H2,1-2H3,(H,32,36)/t11-,12-,16?,17?/m0/s1. The number of fused-ring (bicyclic) bond motifs is 1. The Bertz CT molecular complexity index is 1090. The topological polar surface area (TPSA) is 109 Å². The van der Waals surface area contributed by atoms with Crippen molar-refractivity contribution < 1.29 is 35.9 Å². The summed E-state index contributed by atoms with van der Waals surface area (Å²) in [4.78, 5) is 21.1. The summed E-state index contributed by atoms with van der Waals surface area (Å²) in [6.45, 7) is 4.62. The number of aromatic nitrogens is 4. The number of carbonyl (C=O) groups excluding carboxylic acids is 1. The summed E-state index contributed by atoms with van der Waals surface area (Å²) in [7, 11) is 0. The van der Waals surface area contributed by atoms with Crippen LogP contribution >= 0.6 is 0 Å². The van der Waals surface area contributed by atoms with Gasteiger partial charge in [-0.05, 0) is 19.9 Å². The zero-order valence-electron chi connectivity index (χ0n) is 19.9. The normalized spacial score (nSPS) is 22.4. The minimum absolute atomic E-state index is 0.0670. The van der Waals surface area contributed by atoms with E-state index in [4.69, 9.17) is 4.74 Å². The van der Waals surface area contributed by atoms with E-state index in [0.29, 0.717) is 25.3 Å². The molecule has 0 spiro atoms. The quantitative estimate of drug-likeness (QED) is 0.461. The Morgan fingerprint density at radius 2 is 1.86 bits per heavy atom. The van der Waals surface area contributed by atoms with Gasteiger partial charge in [-0.15, -0.1) is 0 Å². The van der Waals surface area contributed by atoms with Crippen LogP contribution in [-0.2, 0) is 28.8 Å². The number of halogens is 6. The molecule has 2 aromatic heterocycles. The van der Waals surface area contributed by atoms with Crippen molar-refractivity contribution in [2.45, 2.75) is 57.5 Å². The Labute approximate surface area is 207 Å². The van der Waals surface area contributed by atoms with E-state index in [1.54, 1.807) is 29.5 Å². The average Bonchev–Trinajstić information content (AvgIpc) is 3.25. The fourth-order valence-electron chi connectivity index (χ4n) is 4.23. The van der Waals surface area contributed by atoms with Gasteiger partial charge in [0.2, 0.25) is 11.9 Å². The number of alkyl halides is 6. The van der Waals surface area contributed by atoms with Crippen LogP contribution in [0.1, 0.15) is 36.9 Å². The molecular formula is C21H26F6N8O2. The van der Waals surface area contributed by atoms with Crippen LogP contribution in [0.2, 0.25) is 0 Å².